The van der Waals surface area contributed by atoms with E-state index in [1.54, 1.807) is 11.0 Å². The highest BCUT2D eigenvalue weighted by molar-refractivity contribution is 5.94. The van der Waals surface area contributed by atoms with Crippen molar-refractivity contribution in [1.82, 2.24) is 19.6 Å². The smallest absolute Gasteiger partial charge is 0.278 e. The topological polar surface area (TPSA) is 87.9 Å². The van der Waals surface area contributed by atoms with E-state index in [0.29, 0.717) is 38.4 Å². The van der Waals surface area contributed by atoms with Crippen LogP contribution in [0.25, 0.3) is 5.69 Å². The van der Waals surface area contributed by atoms with Crippen LogP contribution in [0.15, 0.2) is 35.1 Å². The van der Waals surface area contributed by atoms with Gasteiger partial charge in [-0.3, -0.25) is 14.5 Å². The normalized spacial score (nSPS) is 15.0. The van der Waals surface area contributed by atoms with E-state index in [2.05, 4.69) is 10.00 Å². The number of piperazine rings is 1. The van der Waals surface area contributed by atoms with Crippen LogP contribution >= 0.6 is 0 Å². The van der Waals surface area contributed by atoms with Gasteiger partial charge in [0.15, 0.2) is 11.4 Å². The molecular weight excluding hydrogens is 348 g/mol. The zero-order valence-corrected chi connectivity index (χ0v) is 15.6. The Balaban J connectivity index is 1.93. The quantitative estimate of drug-likeness (QED) is 0.812. The number of aliphatic hydroxyl groups is 1. The van der Waals surface area contributed by atoms with Crippen LogP contribution in [0, 0.1) is 6.92 Å². The molecule has 1 aromatic heterocycles. The number of methoxy groups -OCH3 is 1. The maximum atomic E-state index is 13.0. The van der Waals surface area contributed by atoms with Crippen molar-refractivity contribution < 1.29 is 14.6 Å². The maximum absolute atomic E-state index is 13.0. The average Bonchev–Trinajstić information content (AvgIpc) is 2.69. The molecule has 0 radical (unpaired) electrons. The number of hydrogen-bond donors (Lipinski definition) is 1. The lowest BCUT2D eigenvalue weighted by atomic mass is 10.2. The molecule has 2 aromatic rings. The molecule has 144 valence electrons. The number of amides is 1. The molecule has 1 aromatic carbocycles. The van der Waals surface area contributed by atoms with Gasteiger partial charge in [-0.05, 0) is 18.6 Å². The molecule has 1 saturated heterocycles. The highest BCUT2D eigenvalue weighted by Gasteiger charge is 2.26. The molecule has 8 heteroatoms. The molecule has 1 amide bonds. The standard InChI is InChI=1S/C19H24N4O4/c1-14-5-3-4-6-15(14)23-17(25)13-16(27-2)18(20-23)19(26)22-9-7-21(8-10-22)11-12-24/h3-6,13,24H,7-12H2,1-2H3. The van der Waals surface area contributed by atoms with E-state index in [-0.39, 0.29) is 29.5 Å². The molecule has 0 saturated carbocycles. The van der Waals surface area contributed by atoms with E-state index in [1.807, 2.05) is 25.1 Å². The van der Waals surface area contributed by atoms with Crippen LogP contribution in [0.4, 0.5) is 0 Å². The monoisotopic (exact) mass is 372 g/mol. The minimum absolute atomic E-state index is 0.102. The first-order chi connectivity index (χ1) is 13.0. The third kappa shape index (κ3) is 4.01. The van der Waals surface area contributed by atoms with Gasteiger partial charge >= 0.3 is 0 Å². The van der Waals surface area contributed by atoms with Gasteiger partial charge in [0.2, 0.25) is 0 Å². The highest BCUT2D eigenvalue weighted by Crippen LogP contribution is 2.18. The Hall–Kier alpha value is -2.71. The van der Waals surface area contributed by atoms with E-state index in [4.69, 9.17) is 9.84 Å². The van der Waals surface area contributed by atoms with Gasteiger partial charge in [0.1, 0.15) is 0 Å². The van der Waals surface area contributed by atoms with Gasteiger partial charge in [-0.1, -0.05) is 18.2 Å². The van der Waals surface area contributed by atoms with Crippen LogP contribution in [0.2, 0.25) is 0 Å². The van der Waals surface area contributed by atoms with Crippen molar-refractivity contribution in [2.75, 3.05) is 46.4 Å². The van der Waals surface area contributed by atoms with Crippen LogP contribution < -0.4 is 10.3 Å². The Morgan fingerprint density at radius 1 is 1.22 bits per heavy atom. The van der Waals surface area contributed by atoms with Crippen LogP contribution in [-0.4, -0.2) is 77.0 Å². The lowest BCUT2D eigenvalue weighted by Gasteiger charge is -2.34. The van der Waals surface area contributed by atoms with Crippen molar-refractivity contribution in [3.63, 3.8) is 0 Å². The van der Waals surface area contributed by atoms with Crippen molar-refractivity contribution in [3.05, 3.63) is 51.9 Å². The number of aryl methyl sites for hydroxylation is 1. The van der Waals surface area contributed by atoms with E-state index in [0.717, 1.165) is 5.56 Å². The molecule has 0 unspecified atom stereocenters. The lowest BCUT2D eigenvalue weighted by Crippen LogP contribution is -2.49. The first-order valence-corrected chi connectivity index (χ1v) is 8.92. The summed E-state index contributed by atoms with van der Waals surface area (Å²) in [4.78, 5) is 29.3. The van der Waals surface area contributed by atoms with Gasteiger partial charge in [0.05, 0.1) is 25.5 Å². The SMILES string of the molecule is COc1cc(=O)n(-c2ccccc2C)nc1C(=O)N1CCN(CCO)CC1. The summed E-state index contributed by atoms with van der Waals surface area (Å²) in [6, 6.07) is 8.68. The molecule has 0 atom stereocenters. The van der Waals surface area contributed by atoms with Crippen LogP contribution in [0.1, 0.15) is 16.1 Å². The van der Waals surface area contributed by atoms with Gasteiger partial charge < -0.3 is 14.7 Å². The fourth-order valence-corrected chi connectivity index (χ4v) is 3.18. The molecule has 0 bridgehead atoms. The van der Waals surface area contributed by atoms with Crippen LogP contribution in [0.3, 0.4) is 0 Å². The van der Waals surface area contributed by atoms with Gasteiger partial charge in [0, 0.05) is 32.7 Å². The number of para-hydroxylation sites is 1. The average molecular weight is 372 g/mol. The van der Waals surface area contributed by atoms with Crippen molar-refractivity contribution in [2.45, 2.75) is 6.92 Å². The first kappa shape index (κ1) is 19.1. The number of carbonyl (C=O) groups excluding carboxylic acids is 1. The van der Waals surface area contributed by atoms with Gasteiger partial charge in [-0.25, -0.2) is 0 Å². The number of rotatable bonds is 5. The van der Waals surface area contributed by atoms with Crippen molar-refractivity contribution in [1.29, 1.82) is 0 Å². The molecule has 3 rings (SSSR count). The van der Waals surface area contributed by atoms with Crippen LogP contribution in [0.5, 0.6) is 5.75 Å². The molecular formula is C19H24N4O4. The molecule has 1 fully saturated rings. The van der Waals surface area contributed by atoms with Gasteiger partial charge in [-0.15, -0.1) is 0 Å². The molecule has 0 spiro atoms. The third-order valence-corrected chi connectivity index (χ3v) is 4.74. The summed E-state index contributed by atoms with van der Waals surface area (Å²) < 4.78 is 6.50. The number of hydrogen-bond acceptors (Lipinski definition) is 6. The summed E-state index contributed by atoms with van der Waals surface area (Å²) in [5.41, 5.74) is 1.28. The Labute approximate surface area is 157 Å². The summed E-state index contributed by atoms with van der Waals surface area (Å²) in [5.74, 6) is -0.0922. The molecule has 2 heterocycles. The Morgan fingerprint density at radius 3 is 2.56 bits per heavy atom. The zero-order chi connectivity index (χ0) is 19.4. The summed E-state index contributed by atoms with van der Waals surface area (Å²) in [6.45, 7) is 5.03. The number of aromatic nitrogens is 2. The number of ether oxygens (including phenoxy) is 1. The minimum Gasteiger partial charge on any atom is -0.494 e. The number of carbonyl (C=O) groups is 1. The highest BCUT2D eigenvalue weighted by atomic mass is 16.5. The first-order valence-electron chi connectivity index (χ1n) is 8.92. The summed E-state index contributed by atoms with van der Waals surface area (Å²) >= 11 is 0. The summed E-state index contributed by atoms with van der Waals surface area (Å²) in [7, 11) is 1.42. The van der Waals surface area contributed by atoms with E-state index in [9.17, 15) is 9.59 Å². The van der Waals surface area contributed by atoms with Crippen molar-refractivity contribution >= 4 is 5.91 Å². The van der Waals surface area contributed by atoms with E-state index >= 15 is 0 Å². The lowest BCUT2D eigenvalue weighted by molar-refractivity contribution is 0.0604. The summed E-state index contributed by atoms with van der Waals surface area (Å²) in [6.07, 6.45) is 0. The van der Waals surface area contributed by atoms with Crippen LogP contribution in [-0.2, 0) is 0 Å². The largest absolute Gasteiger partial charge is 0.494 e. The predicted molar refractivity (Wildman–Crippen MR) is 101 cm³/mol. The van der Waals surface area contributed by atoms with Gasteiger partial charge in [0.25, 0.3) is 11.5 Å². The molecule has 1 N–H and O–H groups in total. The zero-order valence-electron chi connectivity index (χ0n) is 15.6. The second-order valence-electron chi connectivity index (χ2n) is 6.46. The number of nitrogens with zero attached hydrogens (tertiary/aromatic N) is 4. The Kier molecular flexibility index (Phi) is 5.88. The number of β-amino-alcohol motifs (C(OH)–C–C–N with tert-alkyl or cyclic N) is 1. The maximum Gasteiger partial charge on any atom is 0.278 e. The Morgan fingerprint density at radius 2 is 1.93 bits per heavy atom. The second-order valence-corrected chi connectivity index (χ2v) is 6.46. The number of aliphatic hydroxyl groups excluding tert-OH is 1. The number of benzene rings is 1. The fourth-order valence-electron chi connectivity index (χ4n) is 3.18. The minimum atomic E-state index is -0.356. The molecule has 0 aliphatic carbocycles. The third-order valence-electron chi connectivity index (χ3n) is 4.74. The van der Waals surface area contributed by atoms with Gasteiger partial charge in [-0.2, -0.15) is 9.78 Å². The molecule has 1 aliphatic rings. The molecule has 8 nitrogen and oxygen atoms in total. The predicted octanol–water partition coefficient (Wildman–Crippen LogP) is 0.300. The van der Waals surface area contributed by atoms with Crippen molar-refractivity contribution in [3.8, 4) is 11.4 Å². The van der Waals surface area contributed by atoms with Crippen molar-refractivity contribution in [2.24, 2.45) is 0 Å². The molecule has 1 aliphatic heterocycles. The summed E-state index contributed by atoms with van der Waals surface area (Å²) in [5, 5.41) is 13.4. The second kappa shape index (κ2) is 8.32. The fraction of sp³-hybridized carbons (Fsp3) is 0.421. The Bertz CT molecular complexity index is 872. The van der Waals surface area contributed by atoms with E-state index in [1.165, 1.54) is 17.9 Å². The molecule has 27 heavy (non-hydrogen) atoms. The van der Waals surface area contributed by atoms with E-state index < -0.39 is 0 Å².